The summed E-state index contributed by atoms with van der Waals surface area (Å²) >= 11 is 3.34. The number of nitrogens with one attached hydrogen (secondary N) is 1. The van der Waals surface area contributed by atoms with E-state index in [0.29, 0.717) is 6.04 Å². The Kier molecular flexibility index (Phi) is 5.72. The van der Waals surface area contributed by atoms with Crippen molar-refractivity contribution in [2.45, 2.75) is 32.9 Å². The first-order chi connectivity index (χ1) is 7.99. The lowest BCUT2D eigenvalue weighted by Gasteiger charge is -2.15. The van der Waals surface area contributed by atoms with E-state index >= 15 is 0 Å². The van der Waals surface area contributed by atoms with Crippen molar-refractivity contribution in [2.24, 2.45) is 0 Å². The molecular weight excluding hydrogens is 278 g/mol. The third kappa shape index (κ3) is 5.37. The second kappa shape index (κ2) is 6.82. The topological polar surface area (TPSA) is 21.3 Å². The maximum atomic E-state index is 5.61. The largest absolute Gasteiger partial charge is 0.491 e. The number of halogens is 1. The fraction of sp³-hybridized carbons (Fsp3) is 0.429. The summed E-state index contributed by atoms with van der Waals surface area (Å²) in [5.74, 6) is 0.917. The van der Waals surface area contributed by atoms with Crippen LogP contribution in [0, 0.1) is 0 Å². The first kappa shape index (κ1) is 14.3. The summed E-state index contributed by atoms with van der Waals surface area (Å²) in [6, 6.07) is 8.50. The average molecular weight is 298 g/mol. The molecule has 0 bridgehead atoms. The van der Waals surface area contributed by atoms with Gasteiger partial charge in [-0.1, -0.05) is 34.6 Å². The van der Waals surface area contributed by atoms with Gasteiger partial charge in [0.25, 0.3) is 0 Å². The fourth-order valence-electron chi connectivity index (χ4n) is 1.49. The van der Waals surface area contributed by atoms with E-state index in [-0.39, 0.29) is 6.10 Å². The Hall–Kier alpha value is -0.800. The summed E-state index contributed by atoms with van der Waals surface area (Å²) < 4.78 is 6.57. The van der Waals surface area contributed by atoms with Gasteiger partial charge >= 0.3 is 0 Å². The Balaban J connectivity index is 2.57. The van der Waals surface area contributed by atoms with Gasteiger partial charge in [-0.05, 0) is 38.5 Å². The van der Waals surface area contributed by atoms with Crippen LogP contribution in [0.5, 0.6) is 5.75 Å². The standard InChI is InChI=1S/C14H20BrNO/c1-10(2)17-14-7-5-13(6-8-14)12(4)16-9-11(3)15/h5-8,10,12,16H,3,9H2,1-2,4H3. The van der Waals surface area contributed by atoms with Crippen LogP contribution in [0.4, 0.5) is 0 Å². The molecule has 0 saturated carbocycles. The first-order valence-electron chi connectivity index (χ1n) is 5.82. The molecule has 2 nitrogen and oxygen atoms in total. The van der Waals surface area contributed by atoms with E-state index in [4.69, 9.17) is 4.74 Å². The molecule has 94 valence electrons. The molecule has 1 atom stereocenters. The van der Waals surface area contributed by atoms with E-state index < -0.39 is 0 Å². The van der Waals surface area contributed by atoms with Gasteiger partial charge in [0.1, 0.15) is 5.75 Å². The molecule has 3 heteroatoms. The lowest BCUT2D eigenvalue weighted by Crippen LogP contribution is -2.19. The maximum Gasteiger partial charge on any atom is 0.119 e. The van der Waals surface area contributed by atoms with Crippen molar-refractivity contribution >= 4 is 15.9 Å². The highest BCUT2D eigenvalue weighted by atomic mass is 79.9. The molecule has 0 heterocycles. The van der Waals surface area contributed by atoms with E-state index in [1.165, 1.54) is 5.56 Å². The van der Waals surface area contributed by atoms with E-state index in [9.17, 15) is 0 Å². The molecule has 1 rings (SSSR count). The van der Waals surface area contributed by atoms with Crippen molar-refractivity contribution < 1.29 is 4.74 Å². The molecule has 0 spiro atoms. The summed E-state index contributed by atoms with van der Waals surface area (Å²) in [6.07, 6.45) is 0.216. The molecule has 0 aliphatic rings. The third-order valence-corrected chi connectivity index (χ3v) is 2.63. The Morgan fingerprint density at radius 3 is 2.35 bits per heavy atom. The molecule has 0 fully saturated rings. The van der Waals surface area contributed by atoms with Gasteiger partial charge in [-0.25, -0.2) is 0 Å². The number of rotatable bonds is 6. The predicted octanol–water partition coefficient (Wildman–Crippen LogP) is 4.03. The third-order valence-electron chi connectivity index (χ3n) is 2.35. The van der Waals surface area contributed by atoms with Crippen molar-refractivity contribution in [3.05, 3.63) is 40.9 Å². The van der Waals surface area contributed by atoms with Crippen LogP contribution >= 0.6 is 15.9 Å². The first-order valence-corrected chi connectivity index (χ1v) is 6.61. The Bertz CT molecular complexity index is 359. The van der Waals surface area contributed by atoms with Crippen molar-refractivity contribution in [2.75, 3.05) is 6.54 Å². The Morgan fingerprint density at radius 1 is 1.29 bits per heavy atom. The summed E-state index contributed by atoms with van der Waals surface area (Å²) in [6.45, 7) is 10.8. The number of benzene rings is 1. The van der Waals surface area contributed by atoms with Crippen LogP contribution < -0.4 is 10.1 Å². The molecule has 0 aliphatic carbocycles. The van der Waals surface area contributed by atoms with Crippen molar-refractivity contribution in [1.82, 2.24) is 5.32 Å². The molecule has 0 radical (unpaired) electrons. The lowest BCUT2D eigenvalue weighted by molar-refractivity contribution is 0.242. The van der Waals surface area contributed by atoms with Crippen LogP contribution in [-0.2, 0) is 0 Å². The highest BCUT2D eigenvalue weighted by molar-refractivity contribution is 9.11. The summed E-state index contributed by atoms with van der Waals surface area (Å²) in [7, 11) is 0. The second-order valence-electron chi connectivity index (χ2n) is 4.36. The Labute approximate surface area is 112 Å². The van der Waals surface area contributed by atoms with Gasteiger partial charge in [0.15, 0.2) is 0 Å². The molecule has 1 aromatic rings. The van der Waals surface area contributed by atoms with E-state index in [1.54, 1.807) is 0 Å². The zero-order valence-electron chi connectivity index (χ0n) is 10.7. The Morgan fingerprint density at radius 2 is 1.88 bits per heavy atom. The minimum Gasteiger partial charge on any atom is -0.491 e. The number of hydrogen-bond donors (Lipinski definition) is 1. The number of hydrogen-bond acceptors (Lipinski definition) is 2. The van der Waals surface area contributed by atoms with Crippen molar-refractivity contribution in [3.63, 3.8) is 0 Å². The quantitative estimate of drug-likeness (QED) is 0.856. The van der Waals surface area contributed by atoms with E-state index in [2.05, 4.69) is 46.9 Å². The minimum absolute atomic E-state index is 0.216. The van der Waals surface area contributed by atoms with Crippen LogP contribution in [0.3, 0.4) is 0 Å². The van der Waals surface area contributed by atoms with Gasteiger partial charge in [0, 0.05) is 17.1 Å². The molecule has 1 unspecified atom stereocenters. The molecule has 1 aromatic carbocycles. The highest BCUT2D eigenvalue weighted by Crippen LogP contribution is 2.18. The fourth-order valence-corrected chi connectivity index (χ4v) is 1.65. The van der Waals surface area contributed by atoms with Crippen molar-refractivity contribution in [3.8, 4) is 5.75 Å². The van der Waals surface area contributed by atoms with E-state index in [1.807, 2.05) is 26.0 Å². The zero-order chi connectivity index (χ0) is 12.8. The van der Waals surface area contributed by atoms with Crippen LogP contribution in [0.1, 0.15) is 32.4 Å². The average Bonchev–Trinajstić information content (AvgIpc) is 2.26. The van der Waals surface area contributed by atoms with Crippen molar-refractivity contribution in [1.29, 1.82) is 0 Å². The second-order valence-corrected chi connectivity index (χ2v) is 5.48. The maximum absolute atomic E-state index is 5.61. The predicted molar refractivity (Wildman–Crippen MR) is 76.7 cm³/mol. The van der Waals surface area contributed by atoms with Crippen LogP contribution in [0.2, 0.25) is 0 Å². The van der Waals surface area contributed by atoms with E-state index in [0.717, 1.165) is 16.8 Å². The SMILES string of the molecule is C=C(Br)CNC(C)c1ccc(OC(C)C)cc1. The molecule has 0 amide bonds. The molecule has 0 aliphatic heterocycles. The minimum atomic E-state index is 0.216. The molecule has 17 heavy (non-hydrogen) atoms. The van der Waals surface area contributed by atoms with Gasteiger partial charge < -0.3 is 10.1 Å². The summed E-state index contributed by atoms with van der Waals surface area (Å²) in [5.41, 5.74) is 1.25. The molecular formula is C14H20BrNO. The van der Waals surface area contributed by atoms with Crippen LogP contribution in [0.15, 0.2) is 35.3 Å². The van der Waals surface area contributed by atoms with Crippen LogP contribution in [0.25, 0.3) is 0 Å². The number of ether oxygens (including phenoxy) is 1. The van der Waals surface area contributed by atoms with Gasteiger partial charge in [-0.2, -0.15) is 0 Å². The zero-order valence-corrected chi connectivity index (χ0v) is 12.3. The normalized spacial score (nSPS) is 12.5. The highest BCUT2D eigenvalue weighted by Gasteiger charge is 2.05. The van der Waals surface area contributed by atoms with Crippen LogP contribution in [-0.4, -0.2) is 12.6 Å². The lowest BCUT2D eigenvalue weighted by atomic mass is 10.1. The molecule has 1 N–H and O–H groups in total. The molecule has 0 aromatic heterocycles. The van der Waals surface area contributed by atoms with Gasteiger partial charge in [0.2, 0.25) is 0 Å². The monoisotopic (exact) mass is 297 g/mol. The summed E-state index contributed by atoms with van der Waals surface area (Å²) in [4.78, 5) is 0. The van der Waals surface area contributed by atoms with Gasteiger partial charge in [-0.3, -0.25) is 0 Å². The smallest absolute Gasteiger partial charge is 0.119 e. The summed E-state index contributed by atoms with van der Waals surface area (Å²) in [5, 5.41) is 3.37. The van der Waals surface area contributed by atoms with Gasteiger partial charge in [-0.15, -0.1) is 0 Å². The van der Waals surface area contributed by atoms with Gasteiger partial charge in [0.05, 0.1) is 6.10 Å². The molecule has 0 saturated heterocycles.